The third-order valence-electron chi connectivity index (χ3n) is 5.57. The summed E-state index contributed by atoms with van der Waals surface area (Å²) in [5.41, 5.74) is 4.18. The molecule has 22 heavy (non-hydrogen) atoms. The first kappa shape index (κ1) is 15.3. The van der Waals surface area contributed by atoms with E-state index in [1.54, 1.807) is 7.11 Å². The Bertz CT molecular complexity index is 614. The van der Waals surface area contributed by atoms with Crippen LogP contribution in [0.1, 0.15) is 57.1 Å². The fourth-order valence-electron chi connectivity index (χ4n) is 4.26. The minimum absolute atomic E-state index is 0.0339. The molecule has 0 bridgehead atoms. The molecule has 2 aliphatic rings. The van der Waals surface area contributed by atoms with Gasteiger partial charge in [0.25, 0.3) is 0 Å². The first-order valence-corrected chi connectivity index (χ1v) is 8.50. The van der Waals surface area contributed by atoms with Gasteiger partial charge < -0.3 is 4.74 Å². The highest BCUT2D eigenvalue weighted by molar-refractivity contribution is 5.86. The quantitative estimate of drug-likeness (QED) is 0.759. The Morgan fingerprint density at radius 3 is 2.91 bits per heavy atom. The van der Waals surface area contributed by atoms with E-state index in [0.717, 1.165) is 37.9 Å². The second kappa shape index (κ2) is 5.91. The molecule has 1 saturated carbocycles. The van der Waals surface area contributed by atoms with Gasteiger partial charge in [0.15, 0.2) is 0 Å². The number of benzene rings is 1. The molecular weight excluding hydrogens is 272 g/mol. The van der Waals surface area contributed by atoms with Crippen molar-refractivity contribution in [3.63, 3.8) is 0 Å². The molecular formula is C20H26O2. The number of rotatable bonds is 4. The van der Waals surface area contributed by atoms with Gasteiger partial charge in [-0.2, -0.15) is 0 Å². The van der Waals surface area contributed by atoms with Gasteiger partial charge in [0.2, 0.25) is 0 Å². The number of fused-ring (bicyclic) bond motifs is 3. The van der Waals surface area contributed by atoms with Crippen LogP contribution in [0.4, 0.5) is 0 Å². The van der Waals surface area contributed by atoms with Gasteiger partial charge in [0.05, 0.1) is 7.11 Å². The molecule has 1 fully saturated rings. The second-order valence-electron chi connectivity index (χ2n) is 6.88. The molecule has 2 nitrogen and oxygen atoms in total. The average molecular weight is 298 g/mol. The Morgan fingerprint density at radius 1 is 1.36 bits per heavy atom. The fourth-order valence-corrected chi connectivity index (χ4v) is 4.26. The van der Waals surface area contributed by atoms with Crippen molar-refractivity contribution in [2.45, 2.75) is 57.8 Å². The van der Waals surface area contributed by atoms with Gasteiger partial charge in [-0.3, -0.25) is 4.79 Å². The Balaban J connectivity index is 2.00. The van der Waals surface area contributed by atoms with Gasteiger partial charge in [-0.25, -0.2) is 0 Å². The Hall–Kier alpha value is -1.57. The van der Waals surface area contributed by atoms with Crippen molar-refractivity contribution in [3.05, 3.63) is 41.0 Å². The van der Waals surface area contributed by atoms with Crippen LogP contribution in [0.15, 0.2) is 29.8 Å². The average Bonchev–Trinajstić information content (AvgIpc) is 2.54. The van der Waals surface area contributed by atoms with Crippen molar-refractivity contribution in [1.29, 1.82) is 0 Å². The highest BCUT2D eigenvalue weighted by Crippen LogP contribution is 2.50. The Morgan fingerprint density at radius 2 is 2.18 bits per heavy atom. The zero-order valence-electron chi connectivity index (χ0n) is 13.9. The van der Waals surface area contributed by atoms with Gasteiger partial charge in [-0.15, -0.1) is 0 Å². The summed E-state index contributed by atoms with van der Waals surface area (Å²) in [6, 6.07) is 6.43. The molecule has 0 saturated heterocycles. The van der Waals surface area contributed by atoms with Crippen LogP contribution in [0.3, 0.4) is 0 Å². The third-order valence-corrected chi connectivity index (χ3v) is 5.57. The number of ketones is 1. The smallest absolute Gasteiger partial charge is 0.140 e. The first-order valence-electron chi connectivity index (χ1n) is 8.50. The molecule has 2 aliphatic carbocycles. The highest BCUT2D eigenvalue weighted by Gasteiger charge is 2.44. The van der Waals surface area contributed by atoms with E-state index in [4.69, 9.17) is 4.74 Å². The predicted molar refractivity (Wildman–Crippen MR) is 89.4 cm³/mol. The standard InChI is InChI=1S/C20H26O2/c1-4-5-6-16-18-9-7-14-13-15(22-3)8-10-17(14)20(18,2)12-11-19(16)21/h8-10,13,16H,4-7,11-12H2,1-3H3. The molecule has 1 aromatic carbocycles. The second-order valence-corrected chi connectivity index (χ2v) is 6.88. The molecule has 0 amide bonds. The predicted octanol–water partition coefficient (Wildman–Crippen LogP) is 4.60. The van der Waals surface area contributed by atoms with Crippen molar-refractivity contribution in [2.75, 3.05) is 7.11 Å². The van der Waals surface area contributed by atoms with Gasteiger partial charge in [0, 0.05) is 17.8 Å². The number of hydrogen-bond donors (Lipinski definition) is 0. The van der Waals surface area contributed by atoms with Crippen LogP contribution >= 0.6 is 0 Å². The molecule has 0 N–H and O–H groups in total. The van der Waals surface area contributed by atoms with Crippen molar-refractivity contribution in [1.82, 2.24) is 0 Å². The van der Waals surface area contributed by atoms with Gasteiger partial charge in [-0.1, -0.05) is 44.4 Å². The van der Waals surface area contributed by atoms with E-state index >= 15 is 0 Å². The van der Waals surface area contributed by atoms with E-state index in [2.05, 4.69) is 38.1 Å². The monoisotopic (exact) mass is 298 g/mol. The van der Waals surface area contributed by atoms with Crippen LogP contribution in [-0.4, -0.2) is 12.9 Å². The van der Waals surface area contributed by atoms with Crippen molar-refractivity contribution in [2.24, 2.45) is 5.92 Å². The van der Waals surface area contributed by atoms with Crippen molar-refractivity contribution in [3.8, 4) is 5.75 Å². The van der Waals surface area contributed by atoms with Crippen LogP contribution in [0, 0.1) is 5.92 Å². The van der Waals surface area contributed by atoms with E-state index in [1.165, 1.54) is 16.7 Å². The lowest BCUT2D eigenvalue weighted by Gasteiger charge is -2.44. The van der Waals surface area contributed by atoms with Gasteiger partial charge in [-0.05, 0) is 42.5 Å². The van der Waals surface area contributed by atoms with Crippen molar-refractivity contribution >= 4 is 5.78 Å². The van der Waals surface area contributed by atoms with Gasteiger partial charge >= 0.3 is 0 Å². The van der Waals surface area contributed by atoms with Gasteiger partial charge in [0.1, 0.15) is 11.5 Å². The number of unbranched alkanes of at least 4 members (excludes halogenated alkanes) is 1. The Kier molecular flexibility index (Phi) is 4.12. The van der Waals surface area contributed by atoms with Crippen molar-refractivity contribution < 1.29 is 9.53 Å². The van der Waals surface area contributed by atoms with Crippen LogP contribution in [-0.2, 0) is 16.6 Å². The molecule has 2 heteroatoms. The number of carbonyl (C=O) groups is 1. The molecule has 0 radical (unpaired) electrons. The zero-order valence-corrected chi connectivity index (χ0v) is 13.9. The number of ether oxygens (including phenoxy) is 1. The SMILES string of the molecule is CCCCC1C(=O)CCC2(C)C1=CCc1cc(OC)ccc12. The number of allylic oxidation sites excluding steroid dienone is 2. The molecule has 0 heterocycles. The lowest BCUT2D eigenvalue weighted by molar-refractivity contribution is -0.123. The third kappa shape index (κ3) is 2.39. The summed E-state index contributed by atoms with van der Waals surface area (Å²) in [7, 11) is 1.72. The van der Waals surface area contributed by atoms with Crippen LogP contribution < -0.4 is 4.74 Å². The number of hydrogen-bond acceptors (Lipinski definition) is 2. The summed E-state index contributed by atoms with van der Waals surface area (Å²) in [6.07, 6.45) is 8.23. The summed E-state index contributed by atoms with van der Waals surface area (Å²) < 4.78 is 5.37. The molecule has 118 valence electrons. The highest BCUT2D eigenvalue weighted by atomic mass is 16.5. The Labute approximate surface area is 133 Å². The van der Waals surface area contributed by atoms with E-state index in [9.17, 15) is 4.79 Å². The number of methoxy groups -OCH3 is 1. The summed E-state index contributed by atoms with van der Waals surface area (Å²) in [4.78, 5) is 12.4. The van der Waals surface area contributed by atoms with Crippen LogP contribution in [0.25, 0.3) is 0 Å². The molecule has 3 rings (SSSR count). The van der Waals surface area contributed by atoms with E-state index in [0.29, 0.717) is 12.2 Å². The summed E-state index contributed by atoms with van der Waals surface area (Å²) >= 11 is 0. The zero-order chi connectivity index (χ0) is 15.7. The van der Waals surface area contributed by atoms with E-state index in [-0.39, 0.29) is 11.3 Å². The number of carbonyl (C=O) groups excluding carboxylic acids is 1. The topological polar surface area (TPSA) is 26.3 Å². The molecule has 2 atom stereocenters. The lowest BCUT2D eigenvalue weighted by Crippen LogP contribution is -2.40. The maximum atomic E-state index is 12.4. The lowest BCUT2D eigenvalue weighted by atomic mass is 9.59. The van der Waals surface area contributed by atoms with E-state index < -0.39 is 0 Å². The summed E-state index contributed by atoms with van der Waals surface area (Å²) in [6.45, 7) is 4.53. The minimum atomic E-state index is 0.0339. The molecule has 0 spiro atoms. The van der Waals surface area contributed by atoms with Crippen LogP contribution in [0.5, 0.6) is 5.75 Å². The molecule has 0 aliphatic heterocycles. The molecule has 1 aromatic rings. The normalized spacial score (nSPS) is 27.0. The largest absolute Gasteiger partial charge is 0.497 e. The first-order chi connectivity index (χ1) is 10.6. The molecule has 0 aromatic heterocycles. The minimum Gasteiger partial charge on any atom is -0.497 e. The molecule has 2 unspecified atom stereocenters. The maximum Gasteiger partial charge on any atom is 0.140 e. The fraction of sp³-hybridized carbons (Fsp3) is 0.550. The number of Topliss-reactive ketones (excluding diaryl/α,β-unsaturated/α-hetero) is 1. The van der Waals surface area contributed by atoms with E-state index in [1.807, 2.05) is 0 Å². The maximum absolute atomic E-state index is 12.4. The summed E-state index contributed by atoms with van der Waals surface area (Å²) in [5.74, 6) is 1.52. The van der Waals surface area contributed by atoms with Crippen LogP contribution in [0.2, 0.25) is 0 Å². The summed E-state index contributed by atoms with van der Waals surface area (Å²) in [5, 5.41) is 0.